The Morgan fingerprint density at radius 1 is 0.505 bits per heavy atom. The van der Waals surface area contributed by atoms with E-state index in [2.05, 4.69) is 133 Å². The summed E-state index contributed by atoms with van der Waals surface area (Å²) >= 11 is 0. The van der Waals surface area contributed by atoms with Gasteiger partial charge in [0.1, 0.15) is 0 Å². The molecule has 93 heavy (non-hydrogen) atoms. The highest BCUT2D eigenvalue weighted by molar-refractivity contribution is 6.06. The number of carboxylic acids is 1. The van der Waals surface area contributed by atoms with E-state index in [0.717, 1.165) is 93.3 Å². The molecule has 0 radical (unpaired) electrons. The molecule has 0 bridgehead atoms. The summed E-state index contributed by atoms with van der Waals surface area (Å²) < 4.78 is 13.9. The van der Waals surface area contributed by atoms with Crippen molar-refractivity contribution in [1.82, 2.24) is 40.9 Å². The number of benzene rings is 5. The number of methoxy groups -OCH3 is 3. The summed E-state index contributed by atoms with van der Waals surface area (Å²) in [5.41, 5.74) is 21.3. The Kier molecular flexibility index (Phi) is 27.0. The SMILES string of the molecule is COC(=O)CCCC(=O)NCCc1c[nH]c2ccccc12.COC(=O)CCCC1=NCCc2c1[nH]c1ccccc21.COC(=O)CCCC1NCCc2c1[nH]c1ccccc21.NCCc1c[nH]c2ccccc12.O=C(O)CCCC(=O)NCCc1c[nH]c2ccccc12. The summed E-state index contributed by atoms with van der Waals surface area (Å²) in [6.07, 6.45) is 16.7. The van der Waals surface area contributed by atoms with E-state index >= 15 is 0 Å². The zero-order chi connectivity index (χ0) is 65.7. The van der Waals surface area contributed by atoms with Crippen LogP contribution in [0.15, 0.2) is 145 Å². The number of aliphatic carboxylic acids is 1. The van der Waals surface area contributed by atoms with Gasteiger partial charge in [-0.2, -0.15) is 0 Å². The first-order valence-corrected chi connectivity index (χ1v) is 32.1. The van der Waals surface area contributed by atoms with Crippen LogP contribution in [0.1, 0.15) is 122 Å². The third kappa shape index (κ3) is 20.4. The molecule has 2 amide bonds. The number of hydrogen-bond donors (Lipinski definition) is 10. The van der Waals surface area contributed by atoms with Crippen molar-refractivity contribution < 1.29 is 48.1 Å². The van der Waals surface area contributed by atoms with Crippen LogP contribution >= 0.6 is 0 Å². The molecule has 20 nitrogen and oxygen atoms in total. The molecule has 0 saturated carbocycles. The average Bonchev–Trinajstić information content (AvgIpc) is 1.66. The van der Waals surface area contributed by atoms with Crippen LogP contribution in [-0.2, 0) is 75.1 Å². The van der Waals surface area contributed by atoms with Gasteiger partial charge in [0.2, 0.25) is 11.8 Å². The van der Waals surface area contributed by atoms with Crippen LogP contribution in [0.5, 0.6) is 0 Å². The predicted molar refractivity (Wildman–Crippen MR) is 366 cm³/mol. The van der Waals surface area contributed by atoms with Crippen LogP contribution in [0.3, 0.4) is 0 Å². The molecule has 2 aliphatic rings. The van der Waals surface area contributed by atoms with Gasteiger partial charge in [-0.3, -0.25) is 33.8 Å². The fourth-order valence-corrected chi connectivity index (χ4v) is 11.8. The molecule has 2 aliphatic heterocycles. The number of ether oxygens (including phenoxy) is 3. The fourth-order valence-electron chi connectivity index (χ4n) is 11.8. The van der Waals surface area contributed by atoms with Crippen LogP contribution in [0.2, 0.25) is 0 Å². The maximum atomic E-state index is 11.6. The molecule has 11 N–H and O–H groups in total. The molecular weight excluding hydrogens is 1180 g/mol. The van der Waals surface area contributed by atoms with Crippen LogP contribution in [0, 0.1) is 0 Å². The highest BCUT2D eigenvalue weighted by Crippen LogP contribution is 2.33. The van der Waals surface area contributed by atoms with Gasteiger partial charge in [-0.1, -0.05) is 91.0 Å². The number of aromatic nitrogens is 5. The number of H-pyrrole nitrogens is 5. The second-order valence-corrected chi connectivity index (χ2v) is 22.8. The lowest BCUT2D eigenvalue weighted by Crippen LogP contribution is -2.29. The fraction of sp³-hybridized carbons (Fsp3) is 0.356. The minimum absolute atomic E-state index is 0.0289. The van der Waals surface area contributed by atoms with Gasteiger partial charge in [-0.15, -0.1) is 0 Å². The highest BCUT2D eigenvalue weighted by atomic mass is 16.5. The molecule has 0 aliphatic carbocycles. The summed E-state index contributed by atoms with van der Waals surface area (Å²) in [5, 5.41) is 24.0. The molecule has 0 fully saturated rings. The zero-order valence-electron chi connectivity index (χ0n) is 53.6. The monoisotopic (exact) mass is 1260 g/mol. The predicted octanol–water partition coefficient (Wildman–Crippen LogP) is 11.5. The van der Waals surface area contributed by atoms with E-state index in [1.165, 1.54) is 98.3 Å². The number of nitrogens with one attached hydrogen (secondary N) is 8. The molecule has 1 unspecified atom stereocenters. The van der Waals surface area contributed by atoms with Gasteiger partial charge in [0, 0.05) is 143 Å². The van der Waals surface area contributed by atoms with Crippen molar-refractivity contribution in [3.05, 3.63) is 179 Å². The van der Waals surface area contributed by atoms with Gasteiger partial charge in [0.05, 0.1) is 32.7 Å². The van der Waals surface area contributed by atoms with Crippen molar-refractivity contribution in [2.24, 2.45) is 10.7 Å². The first-order chi connectivity index (χ1) is 45.4. The van der Waals surface area contributed by atoms with E-state index in [4.69, 9.17) is 10.8 Å². The van der Waals surface area contributed by atoms with Crippen molar-refractivity contribution >= 4 is 95.9 Å². The molecule has 5 aromatic carbocycles. The van der Waals surface area contributed by atoms with Crippen LogP contribution in [0.25, 0.3) is 54.5 Å². The molecule has 0 spiro atoms. The normalized spacial score (nSPS) is 12.9. The Morgan fingerprint density at radius 3 is 1.45 bits per heavy atom. The summed E-state index contributed by atoms with van der Waals surface area (Å²) in [6.45, 7) is 3.70. The number of carbonyl (C=O) groups is 6. The molecule has 7 heterocycles. The number of aromatic amines is 5. The van der Waals surface area contributed by atoms with Gasteiger partial charge < -0.3 is 65.9 Å². The first-order valence-electron chi connectivity index (χ1n) is 32.1. The quantitative estimate of drug-likeness (QED) is 0.0200. The number of rotatable bonds is 24. The maximum absolute atomic E-state index is 11.6. The van der Waals surface area contributed by atoms with Crippen LogP contribution in [-0.4, -0.2) is 125 Å². The van der Waals surface area contributed by atoms with E-state index in [1.807, 2.05) is 67.1 Å². The summed E-state index contributed by atoms with van der Waals surface area (Å²) in [6, 6.07) is 41.6. The molecule has 12 rings (SSSR count). The Morgan fingerprint density at radius 2 is 0.946 bits per heavy atom. The van der Waals surface area contributed by atoms with Gasteiger partial charge in [0.15, 0.2) is 0 Å². The van der Waals surface area contributed by atoms with Crippen LogP contribution in [0.4, 0.5) is 0 Å². The minimum Gasteiger partial charge on any atom is -0.481 e. The Bertz CT molecular complexity index is 4090. The highest BCUT2D eigenvalue weighted by Gasteiger charge is 2.24. The molecule has 0 saturated heterocycles. The number of fused-ring (bicyclic) bond motifs is 9. The summed E-state index contributed by atoms with van der Waals surface area (Å²) in [5.74, 6) is -1.54. The van der Waals surface area contributed by atoms with Crippen LogP contribution < -0.4 is 21.7 Å². The molecule has 10 aromatic rings. The maximum Gasteiger partial charge on any atom is 0.305 e. The van der Waals surface area contributed by atoms with E-state index < -0.39 is 5.97 Å². The molecule has 20 heteroatoms. The number of amides is 2. The second-order valence-electron chi connectivity index (χ2n) is 22.8. The van der Waals surface area contributed by atoms with Crippen molar-refractivity contribution in [2.45, 2.75) is 115 Å². The number of aliphatic imine (C=N–C) groups is 1. The Labute approximate surface area is 541 Å². The van der Waals surface area contributed by atoms with Crippen molar-refractivity contribution in [3.8, 4) is 0 Å². The standard InChI is InChI=1S/C16H20N2O3.C16H20N2O2.C16H18N2O2.C15H18N2O3.C10H12N2/c1-21-16(20)8-4-7-15(19)17-10-9-12-11-18-14-6-3-2-5-13(12)14;2*1-20-15(19)8-4-7-14-16-12(9-10-17-14)11-5-2-3-6-13(11)18-16;18-14(6-3-7-15(19)20)16-9-8-11-10-17-13-5-2-1-4-12(11)13;11-6-5-8-7-12-10-4-2-1-3-9(8)10/h2-3,5-6,11,18H,4,7-10H2,1H3,(H,17,19);2-3,5-6,14,17-18H,4,7-10H2,1H3;2-3,5-6,18H,4,7-10H2,1H3;1-2,4-5,10,17H,3,6-9H2,(H,16,18)(H,19,20);1-4,7,12H,5-6,11H2. The third-order valence-electron chi connectivity index (χ3n) is 16.5. The molecule has 490 valence electrons. The molecule has 1 atom stereocenters. The number of hydrogen-bond acceptors (Lipinski definition) is 12. The average molecular weight is 1270 g/mol. The Balaban J connectivity index is 0.000000151. The minimum atomic E-state index is -0.864. The van der Waals surface area contributed by atoms with Crippen molar-refractivity contribution in [1.29, 1.82) is 0 Å². The number of esters is 3. The van der Waals surface area contributed by atoms with Gasteiger partial charge >= 0.3 is 23.9 Å². The lowest BCUT2D eigenvalue weighted by molar-refractivity contribution is -0.141. The molecule has 5 aromatic heterocycles. The number of nitrogens with zero attached hydrogens (tertiary/aromatic N) is 1. The first kappa shape index (κ1) is 69.1. The van der Waals surface area contributed by atoms with E-state index in [1.54, 1.807) is 0 Å². The lowest BCUT2D eigenvalue weighted by atomic mass is 9.96. The Hall–Kier alpha value is -9.79. The van der Waals surface area contributed by atoms with E-state index in [-0.39, 0.29) is 49.0 Å². The number of para-hydroxylation sites is 5. The topological polar surface area (TPSA) is 304 Å². The van der Waals surface area contributed by atoms with E-state index in [9.17, 15) is 28.8 Å². The van der Waals surface area contributed by atoms with E-state index in [0.29, 0.717) is 57.8 Å². The number of nitrogens with two attached hydrogens (primary N) is 1. The smallest absolute Gasteiger partial charge is 0.305 e. The van der Waals surface area contributed by atoms with Crippen molar-refractivity contribution in [2.75, 3.05) is 54.1 Å². The van der Waals surface area contributed by atoms with Gasteiger partial charge in [-0.25, -0.2) is 0 Å². The van der Waals surface area contributed by atoms with Gasteiger partial charge in [0.25, 0.3) is 0 Å². The number of carboxylic acid groups (broad SMARTS) is 1. The number of carbonyl (C=O) groups excluding carboxylic acids is 5. The molecular formula is C73H88N10O10. The largest absolute Gasteiger partial charge is 0.481 e. The van der Waals surface area contributed by atoms with Gasteiger partial charge in [-0.05, 0) is 142 Å². The lowest BCUT2D eigenvalue weighted by Gasteiger charge is -2.24. The second kappa shape index (κ2) is 36.3. The third-order valence-corrected chi connectivity index (χ3v) is 16.5. The summed E-state index contributed by atoms with van der Waals surface area (Å²) in [4.78, 5) is 88.0. The summed E-state index contributed by atoms with van der Waals surface area (Å²) in [7, 11) is 4.22. The van der Waals surface area contributed by atoms with Crippen molar-refractivity contribution in [3.63, 3.8) is 0 Å². The zero-order valence-corrected chi connectivity index (χ0v) is 53.6.